The number of allylic oxidation sites excluding steroid dienone is 2. The minimum atomic E-state index is -0.421. The first kappa shape index (κ1) is 15.6. The largest absolute Gasteiger partial charge is 0.456 e. The smallest absolute Gasteiger partial charge is 0.331 e. The van der Waals surface area contributed by atoms with Gasteiger partial charge in [0.25, 0.3) is 0 Å². The Bertz CT molecular complexity index is 538. The summed E-state index contributed by atoms with van der Waals surface area (Å²) in [6.07, 6.45) is 8.76. The highest BCUT2D eigenvalue weighted by molar-refractivity contribution is 5.87. The molecule has 0 aliphatic heterocycles. The maximum atomic E-state index is 12.0. The summed E-state index contributed by atoms with van der Waals surface area (Å²) in [6, 6.07) is 9.78. The zero-order valence-corrected chi connectivity index (χ0v) is 13.1. The molecule has 1 aliphatic carbocycles. The molecule has 0 bridgehead atoms. The van der Waals surface area contributed by atoms with Crippen molar-refractivity contribution in [3.8, 4) is 0 Å². The summed E-state index contributed by atoms with van der Waals surface area (Å²) in [5.41, 5.74) is 2.02. The molecule has 0 saturated heterocycles. The van der Waals surface area contributed by atoms with Gasteiger partial charge in [-0.2, -0.15) is 0 Å². The highest BCUT2D eigenvalue weighted by Gasteiger charge is 2.33. The minimum Gasteiger partial charge on any atom is -0.456 e. The number of hydrogen-bond acceptors (Lipinski definition) is 2. The Kier molecular flexibility index (Phi) is 5.00. The summed E-state index contributed by atoms with van der Waals surface area (Å²) in [7, 11) is 0. The third-order valence-electron chi connectivity index (χ3n) is 4.20. The van der Waals surface area contributed by atoms with Gasteiger partial charge in [0.2, 0.25) is 0 Å². The van der Waals surface area contributed by atoms with Crippen molar-refractivity contribution in [1.29, 1.82) is 0 Å². The van der Waals surface area contributed by atoms with Crippen LogP contribution in [0.25, 0.3) is 6.08 Å². The second-order valence-corrected chi connectivity index (χ2v) is 6.29. The number of esters is 1. The van der Waals surface area contributed by atoms with Crippen LogP contribution in [0, 0.1) is 5.92 Å². The van der Waals surface area contributed by atoms with Gasteiger partial charge in [-0.15, -0.1) is 0 Å². The van der Waals surface area contributed by atoms with Crippen molar-refractivity contribution in [2.24, 2.45) is 5.92 Å². The SMILES string of the molecule is CC1=CCC(C(C)(C)OC(=O)/C=C/c2ccccc2)CC1. The molecule has 0 amide bonds. The number of benzene rings is 1. The van der Waals surface area contributed by atoms with Crippen LogP contribution in [-0.2, 0) is 9.53 Å². The molecular formula is C19H24O2. The lowest BCUT2D eigenvalue weighted by Gasteiger charge is -2.35. The van der Waals surface area contributed by atoms with Gasteiger partial charge in [0.1, 0.15) is 5.60 Å². The molecule has 1 aliphatic rings. The van der Waals surface area contributed by atoms with Crippen LogP contribution in [0.4, 0.5) is 0 Å². The molecule has 1 aromatic rings. The van der Waals surface area contributed by atoms with E-state index in [1.165, 1.54) is 11.6 Å². The zero-order chi connectivity index (χ0) is 15.3. The molecule has 0 radical (unpaired) electrons. The fourth-order valence-corrected chi connectivity index (χ4v) is 2.70. The van der Waals surface area contributed by atoms with Crippen LogP contribution < -0.4 is 0 Å². The van der Waals surface area contributed by atoms with E-state index in [0.29, 0.717) is 5.92 Å². The Morgan fingerprint density at radius 3 is 2.62 bits per heavy atom. The molecule has 21 heavy (non-hydrogen) atoms. The van der Waals surface area contributed by atoms with E-state index in [-0.39, 0.29) is 5.97 Å². The third-order valence-corrected chi connectivity index (χ3v) is 4.20. The van der Waals surface area contributed by atoms with Gasteiger partial charge in [0, 0.05) is 12.0 Å². The molecule has 0 spiro atoms. The van der Waals surface area contributed by atoms with Gasteiger partial charge in [-0.25, -0.2) is 4.79 Å². The van der Waals surface area contributed by atoms with Crippen LogP contribution in [0.15, 0.2) is 48.1 Å². The van der Waals surface area contributed by atoms with Crippen molar-refractivity contribution in [2.75, 3.05) is 0 Å². The predicted molar refractivity (Wildman–Crippen MR) is 86.7 cm³/mol. The summed E-state index contributed by atoms with van der Waals surface area (Å²) >= 11 is 0. The fourth-order valence-electron chi connectivity index (χ4n) is 2.70. The second kappa shape index (κ2) is 6.75. The molecule has 0 N–H and O–H groups in total. The van der Waals surface area contributed by atoms with Gasteiger partial charge in [-0.3, -0.25) is 0 Å². The van der Waals surface area contributed by atoms with Gasteiger partial charge in [0.05, 0.1) is 0 Å². The van der Waals surface area contributed by atoms with Crippen molar-refractivity contribution >= 4 is 12.0 Å². The minimum absolute atomic E-state index is 0.268. The van der Waals surface area contributed by atoms with Crippen molar-refractivity contribution in [3.05, 3.63) is 53.6 Å². The molecule has 1 atom stereocenters. The van der Waals surface area contributed by atoms with Gasteiger partial charge < -0.3 is 4.74 Å². The molecular weight excluding hydrogens is 260 g/mol. The van der Waals surface area contributed by atoms with E-state index in [1.807, 2.05) is 44.2 Å². The summed E-state index contributed by atoms with van der Waals surface area (Å²) in [5.74, 6) is 0.130. The number of hydrogen-bond donors (Lipinski definition) is 0. The van der Waals surface area contributed by atoms with Gasteiger partial charge >= 0.3 is 5.97 Å². The molecule has 1 unspecified atom stereocenters. The quantitative estimate of drug-likeness (QED) is 0.452. The lowest BCUT2D eigenvalue weighted by molar-refractivity contribution is -0.155. The van der Waals surface area contributed by atoms with Crippen molar-refractivity contribution < 1.29 is 9.53 Å². The van der Waals surface area contributed by atoms with E-state index >= 15 is 0 Å². The van der Waals surface area contributed by atoms with Crippen LogP contribution in [0.1, 0.15) is 45.6 Å². The van der Waals surface area contributed by atoms with E-state index in [4.69, 9.17) is 4.74 Å². The normalized spacial score (nSPS) is 19.4. The van der Waals surface area contributed by atoms with E-state index in [1.54, 1.807) is 6.08 Å². The molecule has 0 saturated carbocycles. The average molecular weight is 284 g/mol. The Morgan fingerprint density at radius 2 is 2.00 bits per heavy atom. The van der Waals surface area contributed by atoms with E-state index < -0.39 is 5.60 Å². The maximum Gasteiger partial charge on any atom is 0.331 e. The van der Waals surface area contributed by atoms with Crippen LogP contribution in [0.3, 0.4) is 0 Å². The molecule has 2 nitrogen and oxygen atoms in total. The van der Waals surface area contributed by atoms with Crippen LogP contribution in [0.2, 0.25) is 0 Å². The first-order chi connectivity index (χ1) is 9.97. The molecule has 2 heteroatoms. The Labute approximate surface area is 127 Å². The van der Waals surface area contributed by atoms with Crippen molar-refractivity contribution in [3.63, 3.8) is 0 Å². The molecule has 2 rings (SSSR count). The van der Waals surface area contributed by atoms with Crippen molar-refractivity contribution in [1.82, 2.24) is 0 Å². The average Bonchev–Trinajstić information content (AvgIpc) is 2.46. The third kappa shape index (κ3) is 4.59. The first-order valence-electron chi connectivity index (χ1n) is 7.59. The number of ether oxygens (including phenoxy) is 1. The number of carbonyl (C=O) groups excluding carboxylic acids is 1. The van der Waals surface area contributed by atoms with E-state index in [2.05, 4.69) is 13.0 Å². The van der Waals surface area contributed by atoms with E-state index in [9.17, 15) is 4.79 Å². The molecule has 0 heterocycles. The van der Waals surface area contributed by atoms with Crippen LogP contribution >= 0.6 is 0 Å². The summed E-state index contributed by atoms with van der Waals surface area (Å²) in [4.78, 5) is 12.0. The highest BCUT2D eigenvalue weighted by atomic mass is 16.6. The van der Waals surface area contributed by atoms with Gasteiger partial charge in [0.15, 0.2) is 0 Å². The highest BCUT2D eigenvalue weighted by Crippen LogP contribution is 2.34. The van der Waals surface area contributed by atoms with Gasteiger partial charge in [-0.05, 0) is 51.7 Å². The lowest BCUT2D eigenvalue weighted by atomic mass is 9.79. The van der Waals surface area contributed by atoms with Crippen molar-refractivity contribution in [2.45, 2.75) is 45.6 Å². The molecule has 0 aromatic heterocycles. The Hall–Kier alpha value is -1.83. The van der Waals surface area contributed by atoms with Crippen LogP contribution in [-0.4, -0.2) is 11.6 Å². The standard InChI is InChI=1S/C19H24O2/c1-15-9-12-17(13-10-15)19(2,3)21-18(20)14-11-16-7-5-4-6-8-16/h4-9,11,14,17H,10,12-13H2,1-3H3/b14-11+. The topological polar surface area (TPSA) is 26.3 Å². The maximum absolute atomic E-state index is 12.0. The van der Waals surface area contributed by atoms with Crippen LogP contribution in [0.5, 0.6) is 0 Å². The number of carbonyl (C=O) groups is 1. The molecule has 1 aromatic carbocycles. The summed E-state index contributed by atoms with van der Waals surface area (Å²) in [5, 5.41) is 0. The molecule has 0 fully saturated rings. The van der Waals surface area contributed by atoms with Gasteiger partial charge in [-0.1, -0.05) is 42.0 Å². The zero-order valence-electron chi connectivity index (χ0n) is 13.1. The Balaban J connectivity index is 1.93. The summed E-state index contributed by atoms with van der Waals surface area (Å²) < 4.78 is 5.68. The second-order valence-electron chi connectivity index (χ2n) is 6.29. The first-order valence-corrected chi connectivity index (χ1v) is 7.59. The monoisotopic (exact) mass is 284 g/mol. The predicted octanol–water partition coefficient (Wildman–Crippen LogP) is 4.77. The summed E-state index contributed by atoms with van der Waals surface area (Å²) in [6.45, 7) is 6.19. The lowest BCUT2D eigenvalue weighted by Crippen LogP contribution is -2.37. The fraction of sp³-hybridized carbons (Fsp3) is 0.421. The van der Waals surface area contributed by atoms with E-state index in [0.717, 1.165) is 24.8 Å². The Morgan fingerprint density at radius 1 is 1.29 bits per heavy atom. The molecule has 112 valence electrons. The number of rotatable bonds is 4.